The summed E-state index contributed by atoms with van der Waals surface area (Å²) >= 11 is 0. The highest BCUT2D eigenvalue weighted by Crippen LogP contribution is 2.57. The predicted octanol–water partition coefficient (Wildman–Crippen LogP) is 3.60. The summed E-state index contributed by atoms with van der Waals surface area (Å²) in [6.45, 7) is 1.89. The van der Waals surface area contributed by atoms with Crippen molar-refractivity contribution in [3.63, 3.8) is 0 Å². The molecule has 0 bridgehead atoms. The van der Waals surface area contributed by atoms with E-state index in [1.807, 2.05) is 19.1 Å². The summed E-state index contributed by atoms with van der Waals surface area (Å²) in [4.78, 5) is 66.6. The van der Waals surface area contributed by atoms with E-state index in [1.165, 1.54) is 30.3 Å². The molecule has 6 rings (SSSR count). The van der Waals surface area contributed by atoms with Crippen LogP contribution in [0, 0.1) is 28.9 Å². The van der Waals surface area contributed by atoms with E-state index in [2.05, 4.69) is 0 Å². The van der Waals surface area contributed by atoms with Gasteiger partial charge in [0.05, 0.1) is 28.6 Å². The Morgan fingerprint density at radius 1 is 0.861 bits per heavy atom. The van der Waals surface area contributed by atoms with E-state index in [0.717, 1.165) is 16.5 Å². The first-order valence-corrected chi connectivity index (χ1v) is 11.3. The Labute approximate surface area is 204 Å². The lowest BCUT2D eigenvalue weighted by atomic mass is 9.77. The van der Waals surface area contributed by atoms with Gasteiger partial charge in [-0.3, -0.25) is 29.3 Å². The largest absolute Gasteiger partial charge is 0.349 e. The van der Waals surface area contributed by atoms with Crippen molar-refractivity contribution in [2.45, 2.75) is 18.6 Å². The number of aryl methyl sites for hydroxylation is 1. The standard InChI is InChI=1S/C27H18N2O7/c1-14-9-11-15(12-10-14)22-20-21(27(36-22)23(30)18-7-2-3-8-19(18)24(27)31)26(33)28(25(20)32)16-5-4-6-17(13-16)29(34)35/h2-13,20-22H,1H3/t20-,21-,22-/m0/s1. The van der Waals surface area contributed by atoms with E-state index in [0.29, 0.717) is 5.56 Å². The molecule has 2 aliphatic heterocycles. The normalized spacial score (nSPS) is 23.9. The fraction of sp³-hybridized carbons (Fsp3) is 0.185. The zero-order chi connectivity index (χ0) is 25.4. The summed E-state index contributed by atoms with van der Waals surface area (Å²) in [5, 5.41) is 11.3. The first-order valence-electron chi connectivity index (χ1n) is 11.3. The molecular weight excluding hydrogens is 464 g/mol. The zero-order valence-corrected chi connectivity index (χ0v) is 18.9. The molecule has 2 heterocycles. The molecule has 2 amide bonds. The van der Waals surface area contributed by atoms with Gasteiger partial charge in [0.15, 0.2) is 0 Å². The lowest BCUT2D eigenvalue weighted by Crippen LogP contribution is -2.51. The minimum absolute atomic E-state index is 0.00168. The molecule has 0 saturated carbocycles. The van der Waals surface area contributed by atoms with Crippen molar-refractivity contribution in [3.05, 3.63) is 105 Å². The number of carbonyl (C=O) groups excluding carboxylic acids is 4. The Morgan fingerprint density at radius 2 is 1.50 bits per heavy atom. The minimum Gasteiger partial charge on any atom is -0.349 e. The second-order valence-electron chi connectivity index (χ2n) is 9.18. The van der Waals surface area contributed by atoms with Crippen LogP contribution in [0.1, 0.15) is 37.9 Å². The minimum atomic E-state index is -2.19. The highest BCUT2D eigenvalue weighted by atomic mass is 16.6. The van der Waals surface area contributed by atoms with Crippen LogP contribution in [0.5, 0.6) is 0 Å². The van der Waals surface area contributed by atoms with Gasteiger partial charge in [-0.05, 0) is 18.6 Å². The molecule has 2 saturated heterocycles. The van der Waals surface area contributed by atoms with Gasteiger partial charge in [-0.15, -0.1) is 0 Å². The number of non-ortho nitro benzene ring substituents is 1. The Balaban J connectivity index is 1.54. The van der Waals surface area contributed by atoms with Gasteiger partial charge >= 0.3 is 0 Å². The van der Waals surface area contributed by atoms with Crippen LogP contribution in [0.3, 0.4) is 0 Å². The van der Waals surface area contributed by atoms with Crippen LogP contribution in [0.25, 0.3) is 0 Å². The van der Waals surface area contributed by atoms with Crippen LogP contribution in [0.2, 0.25) is 0 Å². The number of hydrogen-bond donors (Lipinski definition) is 0. The molecule has 0 radical (unpaired) electrons. The highest BCUT2D eigenvalue weighted by molar-refractivity contribution is 6.37. The Hall–Kier alpha value is -4.50. The van der Waals surface area contributed by atoms with Gasteiger partial charge in [0.25, 0.3) is 5.69 Å². The predicted molar refractivity (Wildman–Crippen MR) is 125 cm³/mol. The smallest absolute Gasteiger partial charge is 0.271 e. The van der Waals surface area contributed by atoms with Gasteiger partial charge in [-0.2, -0.15) is 0 Å². The Morgan fingerprint density at radius 3 is 2.11 bits per heavy atom. The van der Waals surface area contributed by atoms with Gasteiger partial charge in [0, 0.05) is 23.3 Å². The lowest BCUT2D eigenvalue weighted by molar-refractivity contribution is -0.384. The average molecular weight is 482 g/mol. The maximum atomic E-state index is 13.9. The van der Waals surface area contributed by atoms with Crippen molar-refractivity contribution in [3.8, 4) is 0 Å². The number of carbonyl (C=O) groups is 4. The SMILES string of the molecule is Cc1ccc([C@@H]2OC3(C(=O)c4ccccc4C3=O)[C@@H]3C(=O)N(c4cccc([N+](=O)[O-])c4)C(=O)[C@@H]32)cc1. The molecule has 3 atom stereocenters. The Kier molecular flexibility index (Phi) is 4.58. The maximum Gasteiger partial charge on any atom is 0.271 e. The summed E-state index contributed by atoms with van der Waals surface area (Å²) in [6, 6.07) is 18.5. The number of nitrogens with zero attached hydrogens (tertiary/aromatic N) is 2. The molecule has 3 aromatic carbocycles. The second-order valence-corrected chi connectivity index (χ2v) is 9.18. The number of benzene rings is 3. The van der Waals surface area contributed by atoms with E-state index in [-0.39, 0.29) is 22.5 Å². The number of nitro groups is 1. The van der Waals surface area contributed by atoms with Crippen LogP contribution in [0.15, 0.2) is 72.8 Å². The summed E-state index contributed by atoms with van der Waals surface area (Å²) in [6.07, 6.45) is -1.04. The van der Waals surface area contributed by atoms with Crippen LogP contribution in [0.4, 0.5) is 11.4 Å². The number of amides is 2. The van der Waals surface area contributed by atoms with Crippen molar-refractivity contribution in [2.75, 3.05) is 4.90 Å². The highest BCUT2D eigenvalue weighted by Gasteiger charge is 2.74. The molecule has 9 nitrogen and oxygen atoms in total. The van der Waals surface area contributed by atoms with Crippen molar-refractivity contribution < 1.29 is 28.8 Å². The van der Waals surface area contributed by atoms with E-state index in [4.69, 9.17) is 4.74 Å². The summed E-state index contributed by atoms with van der Waals surface area (Å²) in [5.74, 6) is -5.37. The number of anilines is 1. The van der Waals surface area contributed by atoms with Crippen LogP contribution < -0.4 is 4.90 Å². The Bertz CT molecular complexity index is 1480. The number of ketones is 2. The third kappa shape index (κ3) is 2.74. The molecule has 3 aromatic rings. The lowest BCUT2D eigenvalue weighted by Gasteiger charge is -2.27. The topological polar surface area (TPSA) is 124 Å². The molecule has 9 heteroatoms. The molecule has 0 aromatic heterocycles. The molecule has 2 fully saturated rings. The molecule has 0 N–H and O–H groups in total. The fourth-order valence-corrected chi connectivity index (χ4v) is 5.57. The number of hydrogen-bond acceptors (Lipinski definition) is 7. The van der Waals surface area contributed by atoms with E-state index >= 15 is 0 Å². The molecule has 0 unspecified atom stereocenters. The van der Waals surface area contributed by atoms with Crippen molar-refractivity contribution in [1.29, 1.82) is 0 Å². The first kappa shape index (κ1) is 22.0. The summed E-state index contributed by atoms with van der Waals surface area (Å²) < 4.78 is 6.22. The van der Waals surface area contributed by atoms with Gasteiger partial charge in [0.1, 0.15) is 0 Å². The third-order valence-electron chi connectivity index (χ3n) is 7.22. The van der Waals surface area contributed by atoms with Gasteiger partial charge in [-0.1, -0.05) is 60.2 Å². The van der Waals surface area contributed by atoms with Crippen LogP contribution >= 0.6 is 0 Å². The van der Waals surface area contributed by atoms with E-state index in [9.17, 15) is 29.3 Å². The fourth-order valence-electron chi connectivity index (χ4n) is 5.57. The quantitative estimate of drug-likeness (QED) is 0.242. The summed E-state index contributed by atoms with van der Waals surface area (Å²) in [5.41, 5.74) is -0.707. The monoisotopic (exact) mass is 482 g/mol. The van der Waals surface area contributed by atoms with E-state index in [1.54, 1.807) is 24.3 Å². The number of nitro benzene ring substituents is 1. The molecule has 178 valence electrons. The second kappa shape index (κ2) is 7.50. The van der Waals surface area contributed by atoms with E-state index < -0.39 is 51.8 Å². The number of imide groups is 1. The van der Waals surface area contributed by atoms with Gasteiger partial charge < -0.3 is 4.74 Å². The number of ether oxygens (including phenoxy) is 1. The molecule has 1 aliphatic carbocycles. The molecule has 3 aliphatic rings. The van der Waals surface area contributed by atoms with Gasteiger partial charge in [0.2, 0.25) is 29.0 Å². The number of Topliss-reactive ketones (excluding diaryl/α,β-unsaturated/α-hetero) is 2. The molecule has 36 heavy (non-hydrogen) atoms. The first-order chi connectivity index (χ1) is 17.3. The van der Waals surface area contributed by atoms with Crippen molar-refractivity contribution in [1.82, 2.24) is 0 Å². The molecule has 1 spiro atoms. The third-order valence-corrected chi connectivity index (χ3v) is 7.22. The zero-order valence-electron chi connectivity index (χ0n) is 18.9. The average Bonchev–Trinajstić information content (AvgIpc) is 3.44. The summed E-state index contributed by atoms with van der Waals surface area (Å²) in [7, 11) is 0. The van der Waals surface area contributed by atoms with Crippen molar-refractivity contribution in [2.24, 2.45) is 11.8 Å². The van der Waals surface area contributed by atoms with Gasteiger partial charge in [-0.25, -0.2) is 4.90 Å². The molecular formula is C27H18N2O7. The van der Waals surface area contributed by atoms with Crippen molar-refractivity contribution >= 4 is 34.8 Å². The number of fused-ring (bicyclic) bond motifs is 3. The van der Waals surface area contributed by atoms with Crippen LogP contribution in [-0.2, 0) is 14.3 Å². The number of rotatable bonds is 3. The maximum absolute atomic E-state index is 13.9. The van der Waals surface area contributed by atoms with Crippen LogP contribution in [-0.4, -0.2) is 33.9 Å².